The van der Waals surface area contributed by atoms with Crippen molar-refractivity contribution in [2.45, 2.75) is 18.9 Å². The molecule has 0 saturated carbocycles. The maximum absolute atomic E-state index is 10.5. The molecule has 0 spiro atoms. The highest BCUT2D eigenvalue weighted by Gasteiger charge is 2.11. The van der Waals surface area contributed by atoms with E-state index in [4.69, 9.17) is 16.1 Å². The molecule has 0 aliphatic carbocycles. The Labute approximate surface area is 87.9 Å². The minimum absolute atomic E-state index is 0.308. The highest BCUT2D eigenvalue weighted by Crippen LogP contribution is 2.06. The molecule has 1 aromatic rings. The minimum atomic E-state index is -1.00. The summed E-state index contributed by atoms with van der Waals surface area (Å²) in [6, 6.07) is 8.40. The van der Waals surface area contributed by atoms with Crippen LogP contribution in [0.2, 0.25) is 0 Å². The molecule has 15 heavy (non-hydrogen) atoms. The number of nitrogens with two attached hydrogens (primary N) is 1. The van der Waals surface area contributed by atoms with Crippen LogP contribution in [0.5, 0.6) is 0 Å². The Hall–Kier alpha value is -1.86. The van der Waals surface area contributed by atoms with Gasteiger partial charge in [0, 0.05) is 0 Å². The van der Waals surface area contributed by atoms with Gasteiger partial charge in [0.05, 0.1) is 12.5 Å². The van der Waals surface area contributed by atoms with Crippen molar-refractivity contribution in [2.75, 3.05) is 0 Å². The first-order valence-electron chi connectivity index (χ1n) is 4.56. The summed E-state index contributed by atoms with van der Waals surface area (Å²) < 4.78 is 0. The maximum Gasteiger partial charge on any atom is 0.320 e. The Morgan fingerprint density at radius 1 is 1.40 bits per heavy atom. The molecule has 0 amide bonds. The smallest absolute Gasteiger partial charge is 0.320 e. The van der Waals surface area contributed by atoms with Crippen molar-refractivity contribution < 1.29 is 9.90 Å². The molecular formula is C11H12N2O2. The SMILES string of the molecule is N#CCc1ccc(CC(N)C(=O)O)cc1. The Morgan fingerprint density at radius 3 is 2.40 bits per heavy atom. The van der Waals surface area contributed by atoms with E-state index in [2.05, 4.69) is 0 Å². The molecule has 0 heterocycles. The molecule has 0 aliphatic heterocycles. The molecule has 3 N–H and O–H groups in total. The second-order valence-electron chi connectivity index (χ2n) is 3.30. The van der Waals surface area contributed by atoms with Crippen molar-refractivity contribution in [3.63, 3.8) is 0 Å². The second kappa shape index (κ2) is 5.13. The van der Waals surface area contributed by atoms with E-state index in [1.54, 1.807) is 12.1 Å². The third-order valence-electron chi connectivity index (χ3n) is 2.08. The van der Waals surface area contributed by atoms with Gasteiger partial charge in [-0.05, 0) is 17.5 Å². The lowest BCUT2D eigenvalue weighted by molar-refractivity contribution is -0.138. The van der Waals surface area contributed by atoms with Gasteiger partial charge in [-0.15, -0.1) is 0 Å². The van der Waals surface area contributed by atoms with E-state index in [1.165, 1.54) is 0 Å². The van der Waals surface area contributed by atoms with E-state index in [-0.39, 0.29) is 0 Å². The molecule has 1 atom stereocenters. The molecule has 4 nitrogen and oxygen atoms in total. The number of nitriles is 1. The first kappa shape index (κ1) is 11.2. The van der Waals surface area contributed by atoms with Crippen LogP contribution in [0.4, 0.5) is 0 Å². The normalized spacial score (nSPS) is 11.7. The molecule has 0 radical (unpaired) electrons. The highest BCUT2D eigenvalue weighted by molar-refractivity contribution is 5.73. The lowest BCUT2D eigenvalue weighted by Gasteiger charge is -2.06. The van der Waals surface area contributed by atoms with Crippen molar-refractivity contribution in [2.24, 2.45) is 5.73 Å². The molecule has 1 rings (SSSR count). The van der Waals surface area contributed by atoms with E-state index in [0.29, 0.717) is 12.8 Å². The average molecular weight is 204 g/mol. The standard InChI is InChI=1S/C11H12N2O2/c12-6-5-8-1-3-9(4-2-8)7-10(13)11(14)15/h1-4,10H,5,7,13H2,(H,14,15). The summed E-state index contributed by atoms with van der Waals surface area (Å²) in [5.74, 6) is -1.00. The number of aliphatic carboxylic acids is 1. The molecule has 0 saturated heterocycles. The van der Waals surface area contributed by atoms with E-state index < -0.39 is 12.0 Å². The highest BCUT2D eigenvalue weighted by atomic mass is 16.4. The number of carboxylic acid groups (broad SMARTS) is 1. The summed E-state index contributed by atoms with van der Waals surface area (Å²) in [7, 11) is 0. The topological polar surface area (TPSA) is 87.1 Å². The Kier molecular flexibility index (Phi) is 3.83. The van der Waals surface area contributed by atoms with Crippen molar-refractivity contribution in [3.05, 3.63) is 35.4 Å². The maximum atomic E-state index is 10.5. The predicted molar refractivity (Wildman–Crippen MR) is 55.1 cm³/mol. The average Bonchev–Trinajstić information content (AvgIpc) is 2.21. The summed E-state index contributed by atoms with van der Waals surface area (Å²) >= 11 is 0. The zero-order chi connectivity index (χ0) is 11.3. The zero-order valence-corrected chi connectivity index (χ0v) is 8.18. The third-order valence-corrected chi connectivity index (χ3v) is 2.08. The first-order valence-corrected chi connectivity index (χ1v) is 4.56. The lowest BCUT2D eigenvalue weighted by atomic mass is 10.0. The fraction of sp³-hybridized carbons (Fsp3) is 0.273. The summed E-state index contributed by atoms with van der Waals surface area (Å²) in [6.07, 6.45) is 0.674. The van der Waals surface area contributed by atoms with Crippen LogP contribution < -0.4 is 5.73 Å². The van der Waals surface area contributed by atoms with Crippen molar-refractivity contribution in [3.8, 4) is 6.07 Å². The minimum Gasteiger partial charge on any atom is -0.480 e. The molecule has 0 aromatic heterocycles. The van der Waals surface area contributed by atoms with Crippen molar-refractivity contribution >= 4 is 5.97 Å². The van der Waals surface area contributed by atoms with Crippen molar-refractivity contribution in [1.29, 1.82) is 5.26 Å². The summed E-state index contributed by atoms with van der Waals surface area (Å²) in [5, 5.41) is 17.1. The van der Waals surface area contributed by atoms with Gasteiger partial charge in [-0.1, -0.05) is 24.3 Å². The molecular weight excluding hydrogens is 192 g/mol. The predicted octanol–water partition coefficient (Wildman–Crippen LogP) is 0.707. The van der Waals surface area contributed by atoms with Gasteiger partial charge in [0.15, 0.2) is 0 Å². The van der Waals surface area contributed by atoms with Crippen molar-refractivity contribution in [1.82, 2.24) is 0 Å². The second-order valence-corrected chi connectivity index (χ2v) is 3.30. The van der Waals surface area contributed by atoms with Gasteiger partial charge in [-0.3, -0.25) is 4.79 Å². The Balaban J connectivity index is 2.65. The van der Waals surface area contributed by atoms with Gasteiger partial charge in [0.1, 0.15) is 6.04 Å². The molecule has 0 aliphatic rings. The van der Waals surface area contributed by atoms with Crippen LogP contribution in [0.3, 0.4) is 0 Å². The van der Waals surface area contributed by atoms with Gasteiger partial charge in [-0.2, -0.15) is 5.26 Å². The van der Waals surface area contributed by atoms with Gasteiger partial charge in [0.25, 0.3) is 0 Å². The van der Waals surface area contributed by atoms with Crippen LogP contribution in [0.25, 0.3) is 0 Å². The van der Waals surface area contributed by atoms with Gasteiger partial charge in [-0.25, -0.2) is 0 Å². The van der Waals surface area contributed by atoms with Gasteiger partial charge in [0.2, 0.25) is 0 Å². The summed E-state index contributed by atoms with van der Waals surface area (Å²) in [5.41, 5.74) is 7.18. The molecule has 1 aromatic carbocycles. The van der Waals surface area contributed by atoms with E-state index in [0.717, 1.165) is 11.1 Å². The number of nitrogens with zero attached hydrogens (tertiary/aromatic N) is 1. The van der Waals surface area contributed by atoms with E-state index in [9.17, 15) is 4.79 Å². The fourth-order valence-corrected chi connectivity index (χ4v) is 1.23. The van der Waals surface area contributed by atoms with Crippen LogP contribution in [-0.4, -0.2) is 17.1 Å². The molecule has 78 valence electrons. The molecule has 0 fully saturated rings. The Bertz CT molecular complexity index is 379. The fourth-order valence-electron chi connectivity index (χ4n) is 1.23. The molecule has 0 bridgehead atoms. The third kappa shape index (κ3) is 3.41. The van der Waals surface area contributed by atoms with Gasteiger partial charge >= 0.3 is 5.97 Å². The van der Waals surface area contributed by atoms with Crippen LogP contribution in [-0.2, 0) is 17.6 Å². The number of carboxylic acids is 1. The van der Waals surface area contributed by atoms with Crippen LogP contribution in [0.1, 0.15) is 11.1 Å². The first-order chi connectivity index (χ1) is 7.13. The molecule has 4 heteroatoms. The number of hydrogen-bond donors (Lipinski definition) is 2. The number of hydrogen-bond acceptors (Lipinski definition) is 3. The van der Waals surface area contributed by atoms with Crippen LogP contribution in [0.15, 0.2) is 24.3 Å². The monoisotopic (exact) mass is 204 g/mol. The summed E-state index contributed by atoms with van der Waals surface area (Å²) in [4.78, 5) is 10.5. The number of benzene rings is 1. The van der Waals surface area contributed by atoms with Crippen LogP contribution in [0, 0.1) is 11.3 Å². The Morgan fingerprint density at radius 2 is 1.93 bits per heavy atom. The van der Waals surface area contributed by atoms with Crippen LogP contribution >= 0.6 is 0 Å². The number of rotatable bonds is 4. The zero-order valence-electron chi connectivity index (χ0n) is 8.18. The summed E-state index contributed by atoms with van der Waals surface area (Å²) in [6.45, 7) is 0. The lowest BCUT2D eigenvalue weighted by Crippen LogP contribution is -2.32. The number of carbonyl (C=O) groups is 1. The quantitative estimate of drug-likeness (QED) is 0.756. The molecule has 1 unspecified atom stereocenters. The van der Waals surface area contributed by atoms with E-state index >= 15 is 0 Å². The van der Waals surface area contributed by atoms with E-state index in [1.807, 2.05) is 18.2 Å². The van der Waals surface area contributed by atoms with Gasteiger partial charge < -0.3 is 10.8 Å². The largest absolute Gasteiger partial charge is 0.480 e.